The van der Waals surface area contributed by atoms with Gasteiger partial charge in [-0.15, -0.1) is 0 Å². The van der Waals surface area contributed by atoms with E-state index in [4.69, 9.17) is 14.2 Å². The van der Waals surface area contributed by atoms with Crippen LogP contribution in [0, 0.1) is 17.8 Å². The summed E-state index contributed by atoms with van der Waals surface area (Å²) >= 11 is 0. The average molecular weight is 433 g/mol. The van der Waals surface area contributed by atoms with Crippen molar-refractivity contribution in [2.24, 2.45) is 17.8 Å². The van der Waals surface area contributed by atoms with Gasteiger partial charge in [0.15, 0.2) is 0 Å². The van der Waals surface area contributed by atoms with Crippen molar-refractivity contribution in [2.45, 2.75) is 92.1 Å². The molecule has 0 heterocycles. The molecule has 5 nitrogen and oxygen atoms in total. The molecule has 0 aromatic heterocycles. The lowest BCUT2D eigenvalue weighted by molar-refractivity contribution is -0.166. The molecule has 1 fully saturated rings. The number of carbonyl (C=O) groups excluding carboxylic acids is 2. The van der Waals surface area contributed by atoms with Gasteiger partial charge in [0.1, 0.15) is 11.4 Å². The smallest absolute Gasteiger partial charge is 0.312 e. The van der Waals surface area contributed by atoms with Crippen molar-refractivity contribution in [2.75, 3.05) is 6.79 Å². The molecule has 0 spiro atoms. The molecule has 5 heteroatoms. The van der Waals surface area contributed by atoms with E-state index in [1.807, 2.05) is 34.6 Å². The highest BCUT2D eigenvalue weighted by atomic mass is 16.7. The first kappa shape index (κ1) is 25.2. The number of ether oxygens (including phenoxy) is 3. The fourth-order valence-corrected chi connectivity index (χ4v) is 3.81. The number of hydrogen-bond donors (Lipinski definition) is 0. The van der Waals surface area contributed by atoms with Gasteiger partial charge in [-0.25, -0.2) is 0 Å². The highest BCUT2D eigenvalue weighted by Crippen LogP contribution is 2.46. The maximum atomic E-state index is 12.7. The first-order valence-corrected chi connectivity index (χ1v) is 11.5. The van der Waals surface area contributed by atoms with Gasteiger partial charge in [0.25, 0.3) is 0 Å². The fraction of sp³-hybridized carbons (Fsp3) is 0.692. The SMILES string of the molecule is CC(C)c1cccc([C@H](C)C2CC2)c1OCOC(=O)[C@@H](CC(=O)OC(C)(C)C)C(C)C. The van der Waals surface area contributed by atoms with Crippen molar-refractivity contribution in [1.82, 2.24) is 0 Å². The fourth-order valence-electron chi connectivity index (χ4n) is 3.81. The van der Waals surface area contributed by atoms with Crippen LogP contribution >= 0.6 is 0 Å². The van der Waals surface area contributed by atoms with Crippen LogP contribution in [0.2, 0.25) is 0 Å². The highest BCUT2D eigenvalue weighted by molar-refractivity contribution is 5.80. The van der Waals surface area contributed by atoms with Crippen LogP contribution in [0.25, 0.3) is 0 Å². The number of esters is 2. The number of para-hydroxylation sites is 1. The molecule has 31 heavy (non-hydrogen) atoms. The number of carbonyl (C=O) groups is 2. The summed E-state index contributed by atoms with van der Waals surface area (Å²) in [5.41, 5.74) is 1.72. The Labute approximate surface area is 187 Å². The van der Waals surface area contributed by atoms with Gasteiger partial charge in [-0.05, 0) is 68.4 Å². The Morgan fingerprint density at radius 2 is 1.65 bits per heavy atom. The van der Waals surface area contributed by atoms with Crippen molar-refractivity contribution in [1.29, 1.82) is 0 Å². The zero-order chi connectivity index (χ0) is 23.3. The topological polar surface area (TPSA) is 61.8 Å². The molecule has 0 aliphatic heterocycles. The van der Waals surface area contributed by atoms with Gasteiger partial charge in [-0.1, -0.05) is 52.8 Å². The van der Waals surface area contributed by atoms with Crippen LogP contribution in [0.4, 0.5) is 0 Å². The van der Waals surface area contributed by atoms with E-state index in [1.165, 1.54) is 18.4 Å². The first-order valence-electron chi connectivity index (χ1n) is 11.5. The van der Waals surface area contributed by atoms with Crippen molar-refractivity contribution in [3.8, 4) is 5.75 Å². The number of benzene rings is 1. The lowest BCUT2D eigenvalue weighted by atomic mass is 9.90. The summed E-state index contributed by atoms with van der Waals surface area (Å²) in [6.45, 7) is 15.6. The molecule has 0 N–H and O–H groups in total. The van der Waals surface area contributed by atoms with Crippen LogP contribution in [0.1, 0.15) is 97.6 Å². The molecule has 2 atom stereocenters. The van der Waals surface area contributed by atoms with E-state index in [1.54, 1.807) is 0 Å². The van der Waals surface area contributed by atoms with Gasteiger partial charge in [0.2, 0.25) is 6.79 Å². The third kappa shape index (κ3) is 7.55. The highest BCUT2D eigenvalue weighted by Gasteiger charge is 2.32. The molecule has 1 aromatic rings. The first-order chi connectivity index (χ1) is 14.4. The lowest BCUT2D eigenvalue weighted by Gasteiger charge is -2.24. The summed E-state index contributed by atoms with van der Waals surface area (Å²) in [5.74, 6) is 0.809. The molecule has 2 rings (SSSR count). The third-order valence-electron chi connectivity index (χ3n) is 5.84. The quantitative estimate of drug-likeness (QED) is 0.325. The number of rotatable bonds is 10. The second kappa shape index (κ2) is 10.5. The average Bonchev–Trinajstić information content (AvgIpc) is 3.48. The van der Waals surface area contributed by atoms with Crippen molar-refractivity contribution >= 4 is 11.9 Å². The molecule has 1 saturated carbocycles. The predicted molar refractivity (Wildman–Crippen MR) is 122 cm³/mol. The van der Waals surface area contributed by atoms with Gasteiger partial charge in [-0.3, -0.25) is 9.59 Å². The maximum Gasteiger partial charge on any atom is 0.312 e. The van der Waals surface area contributed by atoms with Gasteiger partial charge in [-0.2, -0.15) is 0 Å². The molecule has 0 amide bonds. The summed E-state index contributed by atoms with van der Waals surface area (Å²) in [6.07, 6.45) is 2.50. The van der Waals surface area contributed by atoms with Gasteiger partial charge in [0.05, 0.1) is 12.3 Å². The van der Waals surface area contributed by atoms with E-state index in [2.05, 4.69) is 39.0 Å². The molecule has 1 aromatic carbocycles. The molecule has 174 valence electrons. The van der Waals surface area contributed by atoms with Crippen molar-refractivity contribution in [3.05, 3.63) is 29.3 Å². The normalized spacial score (nSPS) is 16.2. The Bertz CT molecular complexity index is 756. The van der Waals surface area contributed by atoms with Crippen LogP contribution in [-0.4, -0.2) is 24.3 Å². The Morgan fingerprint density at radius 3 is 2.16 bits per heavy atom. The molecular weight excluding hydrogens is 392 g/mol. The zero-order valence-electron chi connectivity index (χ0n) is 20.5. The second-order valence-electron chi connectivity index (χ2n) is 10.4. The molecule has 0 saturated heterocycles. The number of hydrogen-bond acceptors (Lipinski definition) is 5. The van der Waals surface area contributed by atoms with Crippen LogP contribution in [0.15, 0.2) is 18.2 Å². The standard InChI is InChI=1S/C26H40O5/c1-16(2)20-10-9-11-21(18(5)19-12-13-19)24(20)29-15-30-25(28)22(17(3)4)14-23(27)31-26(6,7)8/h9-11,16-19,22H,12-15H2,1-8H3/t18-,22+/m1/s1. The van der Waals surface area contributed by atoms with Gasteiger partial charge in [0, 0.05) is 0 Å². The van der Waals surface area contributed by atoms with Crippen LogP contribution in [-0.2, 0) is 19.1 Å². The summed E-state index contributed by atoms with van der Waals surface area (Å²) < 4.78 is 16.9. The van der Waals surface area contributed by atoms with E-state index in [9.17, 15) is 9.59 Å². The second-order valence-corrected chi connectivity index (χ2v) is 10.4. The van der Waals surface area contributed by atoms with Gasteiger partial charge >= 0.3 is 11.9 Å². The van der Waals surface area contributed by atoms with E-state index < -0.39 is 23.5 Å². The van der Waals surface area contributed by atoms with E-state index in [-0.39, 0.29) is 19.1 Å². The summed E-state index contributed by atoms with van der Waals surface area (Å²) in [7, 11) is 0. The minimum Gasteiger partial charge on any atom is -0.460 e. The van der Waals surface area contributed by atoms with E-state index in [0.717, 1.165) is 11.3 Å². The summed E-state index contributed by atoms with van der Waals surface area (Å²) in [5, 5.41) is 0. The van der Waals surface area contributed by atoms with Crippen molar-refractivity contribution < 1.29 is 23.8 Å². The Hall–Kier alpha value is -2.04. The summed E-state index contributed by atoms with van der Waals surface area (Å²) in [4.78, 5) is 24.9. The minimum absolute atomic E-state index is 0.000313. The largest absolute Gasteiger partial charge is 0.460 e. The van der Waals surface area contributed by atoms with E-state index in [0.29, 0.717) is 17.8 Å². The Morgan fingerprint density at radius 1 is 1.03 bits per heavy atom. The molecule has 1 aliphatic carbocycles. The van der Waals surface area contributed by atoms with Crippen molar-refractivity contribution in [3.63, 3.8) is 0 Å². The van der Waals surface area contributed by atoms with Gasteiger partial charge < -0.3 is 14.2 Å². The minimum atomic E-state index is -0.583. The van der Waals surface area contributed by atoms with Crippen LogP contribution < -0.4 is 4.74 Å². The zero-order valence-corrected chi connectivity index (χ0v) is 20.5. The van der Waals surface area contributed by atoms with Crippen LogP contribution in [0.5, 0.6) is 5.75 Å². The monoisotopic (exact) mass is 432 g/mol. The molecular formula is C26H40O5. The van der Waals surface area contributed by atoms with Crippen LogP contribution in [0.3, 0.4) is 0 Å². The van der Waals surface area contributed by atoms with E-state index >= 15 is 0 Å². The molecule has 0 bridgehead atoms. The maximum absolute atomic E-state index is 12.7. The predicted octanol–water partition coefficient (Wildman–Crippen LogP) is 6.21. The summed E-state index contributed by atoms with van der Waals surface area (Å²) in [6, 6.07) is 6.27. The molecule has 0 unspecified atom stereocenters. The molecule has 0 radical (unpaired) electrons. The lowest BCUT2D eigenvalue weighted by Crippen LogP contribution is -2.31. The Kier molecular flexibility index (Phi) is 8.56. The molecule has 1 aliphatic rings. The Balaban J connectivity index is 2.05. The third-order valence-corrected chi connectivity index (χ3v) is 5.84.